The Morgan fingerprint density at radius 3 is 2.40 bits per heavy atom. The van der Waals surface area contributed by atoms with Crippen LogP contribution in [0.5, 0.6) is 0 Å². The van der Waals surface area contributed by atoms with E-state index in [2.05, 4.69) is 6.92 Å². The third-order valence-electron chi connectivity index (χ3n) is 1.34. The standard InChI is InChI=1S/C8H15O2/c1-4-5-6-7(9)8(2,3)10/h4-5,7,9-10H,1,6H2,2-3H3/b5-4+. The fourth-order valence-electron chi connectivity index (χ4n) is 0.514. The predicted molar refractivity (Wildman–Crippen MR) is 41.4 cm³/mol. The molecule has 2 N–H and O–H groups in total. The Balaban J connectivity index is 3.73. The zero-order valence-corrected chi connectivity index (χ0v) is 6.54. The number of aliphatic hydroxyl groups is 2. The van der Waals surface area contributed by atoms with Crippen LogP contribution in [0.2, 0.25) is 0 Å². The minimum atomic E-state index is -1.01. The molecule has 0 heterocycles. The highest BCUT2D eigenvalue weighted by Gasteiger charge is 2.22. The van der Waals surface area contributed by atoms with Crippen LogP contribution < -0.4 is 0 Å². The lowest BCUT2D eigenvalue weighted by molar-refractivity contribution is -0.0456. The summed E-state index contributed by atoms with van der Waals surface area (Å²) in [5, 5.41) is 18.4. The third kappa shape index (κ3) is 3.64. The smallest absolute Gasteiger partial charge is 0.0855 e. The normalized spacial score (nSPS) is 16.1. The highest BCUT2D eigenvalue weighted by Crippen LogP contribution is 2.11. The SMILES string of the molecule is [CH2]/C=C/CC(O)C(C)(C)O. The summed E-state index contributed by atoms with van der Waals surface area (Å²) in [6.45, 7) is 6.62. The van der Waals surface area contributed by atoms with Crippen LogP contribution in [0, 0.1) is 6.92 Å². The lowest BCUT2D eigenvalue weighted by Gasteiger charge is -2.22. The van der Waals surface area contributed by atoms with Gasteiger partial charge in [-0.1, -0.05) is 12.2 Å². The molecular formula is C8H15O2. The first-order chi connectivity index (χ1) is 4.48. The van der Waals surface area contributed by atoms with Crippen molar-refractivity contribution in [3.8, 4) is 0 Å². The molecule has 59 valence electrons. The molecular weight excluding hydrogens is 128 g/mol. The molecule has 0 saturated carbocycles. The summed E-state index contributed by atoms with van der Waals surface area (Å²) in [6.07, 6.45) is 3.08. The summed E-state index contributed by atoms with van der Waals surface area (Å²) < 4.78 is 0. The average molecular weight is 143 g/mol. The van der Waals surface area contributed by atoms with E-state index in [1.807, 2.05) is 0 Å². The monoisotopic (exact) mass is 143 g/mol. The minimum absolute atomic E-state index is 0.451. The second-order valence-corrected chi connectivity index (χ2v) is 2.88. The number of allylic oxidation sites excluding steroid dienone is 1. The van der Waals surface area contributed by atoms with E-state index in [0.717, 1.165) is 0 Å². The van der Waals surface area contributed by atoms with Crippen LogP contribution in [0.15, 0.2) is 12.2 Å². The van der Waals surface area contributed by atoms with Crippen molar-refractivity contribution >= 4 is 0 Å². The molecule has 0 saturated heterocycles. The van der Waals surface area contributed by atoms with Gasteiger partial charge in [0, 0.05) is 0 Å². The van der Waals surface area contributed by atoms with Crippen LogP contribution in [0.25, 0.3) is 0 Å². The Morgan fingerprint density at radius 1 is 1.60 bits per heavy atom. The third-order valence-corrected chi connectivity index (χ3v) is 1.34. The van der Waals surface area contributed by atoms with Gasteiger partial charge in [-0.25, -0.2) is 0 Å². The molecule has 1 unspecified atom stereocenters. The van der Waals surface area contributed by atoms with E-state index >= 15 is 0 Å². The second kappa shape index (κ2) is 3.74. The van der Waals surface area contributed by atoms with Gasteiger partial charge >= 0.3 is 0 Å². The Kier molecular flexibility index (Phi) is 3.61. The molecule has 1 radical (unpaired) electrons. The van der Waals surface area contributed by atoms with Crippen LogP contribution in [-0.4, -0.2) is 21.9 Å². The first kappa shape index (κ1) is 9.66. The molecule has 0 spiro atoms. The highest BCUT2D eigenvalue weighted by molar-refractivity contribution is 4.90. The van der Waals surface area contributed by atoms with Crippen molar-refractivity contribution in [3.63, 3.8) is 0 Å². The topological polar surface area (TPSA) is 40.5 Å². The fraction of sp³-hybridized carbons (Fsp3) is 0.625. The zero-order valence-electron chi connectivity index (χ0n) is 6.54. The lowest BCUT2D eigenvalue weighted by Crippen LogP contribution is -2.35. The van der Waals surface area contributed by atoms with Gasteiger partial charge < -0.3 is 10.2 Å². The molecule has 0 fully saturated rings. The molecule has 0 aliphatic rings. The Labute approximate surface area is 62.2 Å². The van der Waals surface area contributed by atoms with Crippen LogP contribution in [0.3, 0.4) is 0 Å². The lowest BCUT2D eigenvalue weighted by atomic mass is 9.99. The van der Waals surface area contributed by atoms with Crippen LogP contribution in [-0.2, 0) is 0 Å². The minimum Gasteiger partial charge on any atom is -0.390 e. The van der Waals surface area contributed by atoms with E-state index in [0.29, 0.717) is 6.42 Å². The summed E-state index contributed by atoms with van der Waals surface area (Å²) in [7, 11) is 0. The van der Waals surface area contributed by atoms with Gasteiger partial charge in [0.2, 0.25) is 0 Å². The van der Waals surface area contributed by atoms with E-state index in [9.17, 15) is 10.2 Å². The summed E-state index contributed by atoms with van der Waals surface area (Å²) in [5.74, 6) is 0. The van der Waals surface area contributed by atoms with Gasteiger partial charge in [0.1, 0.15) is 0 Å². The molecule has 0 aromatic heterocycles. The highest BCUT2D eigenvalue weighted by atomic mass is 16.3. The maximum absolute atomic E-state index is 9.21. The Bertz CT molecular complexity index is 111. The van der Waals surface area contributed by atoms with E-state index in [4.69, 9.17) is 0 Å². The molecule has 0 bridgehead atoms. The summed E-state index contributed by atoms with van der Waals surface area (Å²) in [6, 6.07) is 0. The summed E-state index contributed by atoms with van der Waals surface area (Å²) >= 11 is 0. The van der Waals surface area contributed by atoms with Crippen molar-refractivity contribution in [1.29, 1.82) is 0 Å². The zero-order chi connectivity index (χ0) is 8.20. The summed E-state index contributed by atoms with van der Waals surface area (Å²) in [4.78, 5) is 0. The predicted octanol–water partition coefficient (Wildman–Crippen LogP) is 0.899. The van der Waals surface area contributed by atoms with Gasteiger partial charge in [-0.05, 0) is 27.2 Å². The van der Waals surface area contributed by atoms with Crippen LogP contribution in [0.1, 0.15) is 20.3 Å². The van der Waals surface area contributed by atoms with Crippen molar-refractivity contribution < 1.29 is 10.2 Å². The van der Waals surface area contributed by atoms with E-state index < -0.39 is 11.7 Å². The van der Waals surface area contributed by atoms with Crippen molar-refractivity contribution in [3.05, 3.63) is 19.1 Å². The summed E-state index contributed by atoms with van der Waals surface area (Å²) in [5.41, 5.74) is -1.01. The molecule has 2 heteroatoms. The average Bonchev–Trinajstić information content (AvgIpc) is 1.80. The van der Waals surface area contributed by atoms with Gasteiger partial charge in [0.15, 0.2) is 0 Å². The van der Waals surface area contributed by atoms with Gasteiger partial charge in [-0.15, -0.1) is 0 Å². The molecule has 0 rings (SSSR count). The molecule has 1 atom stereocenters. The van der Waals surface area contributed by atoms with Crippen LogP contribution in [0.4, 0.5) is 0 Å². The molecule has 0 aromatic rings. The molecule has 0 aliphatic heterocycles. The van der Waals surface area contributed by atoms with Gasteiger partial charge in [0.25, 0.3) is 0 Å². The first-order valence-corrected chi connectivity index (χ1v) is 3.33. The largest absolute Gasteiger partial charge is 0.390 e. The van der Waals surface area contributed by atoms with Gasteiger partial charge in [-0.3, -0.25) is 0 Å². The maximum Gasteiger partial charge on any atom is 0.0855 e. The number of rotatable bonds is 3. The van der Waals surface area contributed by atoms with E-state index in [1.54, 1.807) is 26.0 Å². The van der Waals surface area contributed by atoms with Crippen LogP contribution >= 0.6 is 0 Å². The van der Waals surface area contributed by atoms with E-state index in [-0.39, 0.29) is 0 Å². The number of hydrogen-bond donors (Lipinski definition) is 2. The fourth-order valence-corrected chi connectivity index (χ4v) is 0.514. The molecule has 0 aromatic carbocycles. The Morgan fingerprint density at radius 2 is 2.10 bits per heavy atom. The van der Waals surface area contributed by atoms with E-state index in [1.165, 1.54) is 0 Å². The van der Waals surface area contributed by atoms with Gasteiger partial charge in [-0.2, -0.15) is 0 Å². The number of hydrogen-bond acceptors (Lipinski definition) is 2. The Hall–Kier alpha value is -0.340. The molecule has 0 aliphatic carbocycles. The second-order valence-electron chi connectivity index (χ2n) is 2.88. The van der Waals surface area contributed by atoms with Crippen molar-refractivity contribution in [1.82, 2.24) is 0 Å². The quantitative estimate of drug-likeness (QED) is 0.616. The molecule has 2 nitrogen and oxygen atoms in total. The van der Waals surface area contributed by atoms with Crippen molar-refractivity contribution in [2.24, 2.45) is 0 Å². The first-order valence-electron chi connectivity index (χ1n) is 3.33. The molecule has 0 amide bonds. The van der Waals surface area contributed by atoms with Crippen molar-refractivity contribution in [2.45, 2.75) is 32.0 Å². The van der Waals surface area contributed by atoms with Crippen molar-refractivity contribution in [2.75, 3.05) is 0 Å². The van der Waals surface area contributed by atoms with Gasteiger partial charge in [0.05, 0.1) is 11.7 Å². The maximum atomic E-state index is 9.21. The number of aliphatic hydroxyl groups excluding tert-OH is 1. The molecule has 10 heavy (non-hydrogen) atoms.